The van der Waals surface area contributed by atoms with Crippen LogP contribution in [0.5, 0.6) is 0 Å². The molecule has 0 bridgehead atoms. The van der Waals surface area contributed by atoms with Crippen LogP contribution < -0.4 is 10.6 Å². The lowest BCUT2D eigenvalue weighted by Gasteiger charge is -2.06. The topological polar surface area (TPSA) is 84.0 Å². The fourth-order valence-electron chi connectivity index (χ4n) is 3.24. The number of rotatable bonds is 15. The van der Waals surface area contributed by atoms with Gasteiger partial charge >= 0.3 is 0 Å². The summed E-state index contributed by atoms with van der Waals surface area (Å²) in [5, 5.41) is 5.88. The second-order valence-corrected chi connectivity index (χ2v) is 7.57. The van der Waals surface area contributed by atoms with E-state index < -0.39 is 0 Å². The van der Waals surface area contributed by atoms with Gasteiger partial charge in [-0.05, 0) is 36.6 Å². The van der Waals surface area contributed by atoms with Crippen molar-refractivity contribution >= 4 is 11.8 Å². The van der Waals surface area contributed by atoms with Crippen LogP contribution in [-0.2, 0) is 11.3 Å². The molecule has 0 fully saturated rings. The predicted octanol–water partition coefficient (Wildman–Crippen LogP) is 4.42. The predicted molar refractivity (Wildman–Crippen MR) is 119 cm³/mol. The molecule has 2 N–H and O–H groups in total. The second-order valence-electron chi connectivity index (χ2n) is 7.57. The zero-order chi connectivity index (χ0) is 21.3. The number of aromatic nitrogens is 2. The summed E-state index contributed by atoms with van der Waals surface area (Å²) in [5.74, 6) is 0.0725. The third-order valence-corrected chi connectivity index (χ3v) is 5.00. The van der Waals surface area contributed by atoms with E-state index >= 15 is 0 Å². The van der Waals surface area contributed by atoms with Gasteiger partial charge < -0.3 is 10.6 Å². The van der Waals surface area contributed by atoms with Gasteiger partial charge in [-0.3, -0.25) is 19.6 Å². The molecule has 0 saturated heterocycles. The second kappa shape index (κ2) is 15.1. The lowest BCUT2D eigenvalue weighted by molar-refractivity contribution is -0.121. The van der Waals surface area contributed by atoms with Crippen LogP contribution in [0.1, 0.15) is 80.1 Å². The molecular formula is C24H34N4O2. The van der Waals surface area contributed by atoms with Crippen molar-refractivity contribution in [2.45, 2.75) is 70.8 Å². The molecule has 0 aromatic carbocycles. The van der Waals surface area contributed by atoms with Crippen LogP contribution in [0.25, 0.3) is 0 Å². The first-order chi connectivity index (χ1) is 14.8. The fraction of sp³-hybridized carbons (Fsp3) is 0.500. The largest absolute Gasteiger partial charge is 0.352 e. The van der Waals surface area contributed by atoms with Crippen LogP contribution in [0.3, 0.4) is 0 Å². The number of carbonyl (C=O) groups excluding carboxylic acids is 2. The molecular weight excluding hydrogens is 376 g/mol. The van der Waals surface area contributed by atoms with Crippen molar-refractivity contribution in [3.63, 3.8) is 0 Å². The van der Waals surface area contributed by atoms with Gasteiger partial charge in [-0.25, -0.2) is 0 Å². The molecule has 0 spiro atoms. The van der Waals surface area contributed by atoms with Crippen LogP contribution in [0, 0.1) is 0 Å². The molecule has 2 aromatic rings. The minimum atomic E-state index is -0.0474. The first kappa shape index (κ1) is 23.5. The maximum absolute atomic E-state index is 11.9. The van der Waals surface area contributed by atoms with E-state index in [-0.39, 0.29) is 11.8 Å². The monoisotopic (exact) mass is 410 g/mol. The summed E-state index contributed by atoms with van der Waals surface area (Å²) in [4.78, 5) is 31.7. The molecule has 0 aliphatic heterocycles. The number of nitrogens with one attached hydrogen (secondary N) is 2. The molecule has 0 aliphatic carbocycles. The van der Waals surface area contributed by atoms with E-state index in [4.69, 9.17) is 0 Å². The minimum absolute atomic E-state index is 0.0474. The molecule has 6 nitrogen and oxygen atoms in total. The number of pyridine rings is 2. The maximum Gasteiger partial charge on any atom is 0.252 e. The smallest absolute Gasteiger partial charge is 0.252 e. The van der Waals surface area contributed by atoms with Crippen molar-refractivity contribution in [3.8, 4) is 0 Å². The Kier molecular flexibility index (Phi) is 11.9. The minimum Gasteiger partial charge on any atom is -0.352 e. The highest BCUT2D eigenvalue weighted by atomic mass is 16.2. The van der Waals surface area contributed by atoms with Gasteiger partial charge in [0.25, 0.3) is 5.91 Å². The number of unbranched alkanes of at least 4 members (excludes halogenated alkanes) is 8. The molecule has 0 atom stereocenters. The van der Waals surface area contributed by atoms with Crippen molar-refractivity contribution in [2.75, 3.05) is 6.54 Å². The van der Waals surface area contributed by atoms with Gasteiger partial charge in [-0.15, -0.1) is 0 Å². The van der Waals surface area contributed by atoms with E-state index in [0.717, 1.165) is 37.8 Å². The van der Waals surface area contributed by atoms with E-state index in [1.165, 1.54) is 32.1 Å². The van der Waals surface area contributed by atoms with E-state index in [9.17, 15) is 9.59 Å². The number of hydrogen-bond acceptors (Lipinski definition) is 4. The Morgan fingerprint density at radius 2 is 1.37 bits per heavy atom. The average molecular weight is 411 g/mol. The zero-order valence-corrected chi connectivity index (χ0v) is 17.8. The third-order valence-electron chi connectivity index (χ3n) is 5.00. The molecule has 6 heteroatoms. The van der Waals surface area contributed by atoms with Crippen molar-refractivity contribution < 1.29 is 9.59 Å². The first-order valence-corrected chi connectivity index (χ1v) is 11.1. The van der Waals surface area contributed by atoms with Crippen molar-refractivity contribution in [1.82, 2.24) is 20.6 Å². The maximum atomic E-state index is 11.9. The lowest BCUT2D eigenvalue weighted by atomic mass is 10.1. The normalized spacial score (nSPS) is 10.5. The Hall–Kier alpha value is -2.76. The summed E-state index contributed by atoms with van der Waals surface area (Å²) in [5.41, 5.74) is 1.64. The van der Waals surface area contributed by atoms with E-state index in [1.807, 2.05) is 12.1 Å². The van der Waals surface area contributed by atoms with Crippen molar-refractivity contribution in [1.29, 1.82) is 0 Å². The standard InChI is InChI=1S/C24H34N4O2/c29-23(28-19-21-12-10-15-25-18-21)14-8-6-4-2-1-3-5-7-9-17-27-24(30)22-13-11-16-26-20-22/h10-13,15-16,18,20H,1-9,14,17,19H2,(H,27,30)(H,28,29). The average Bonchev–Trinajstić information content (AvgIpc) is 2.79. The molecule has 2 aromatic heterocycles. The van der Waals surface area contributed by atoms with Gasteiger partial charge in [-0.2, -0.15) is 0 Å². The van der Waals surface area contributed by atoms with Crippen LogP contribution in [0.2, 0.25) is 0 Å². The Bertz CT molecular complexity index is 723. The number of carbonyl (C=O) groups is 2. The molecule has 0 aliphatic rings. The number of nitrogens with zero attached hydrogens (tertiary/aromatic N) is 2. The lowest BCUT2D eigenvalue weighted by Crippen LogP contribution is -2.24. The molecule has 2 amide bonds. The summed E-state index contributed by atoms with van der Waals surface area (Å²) in [6.07, 6.45) is 17.7. The Labute approximate surface area is 179 Å². The summed E-state index contributed by atoms with van der Waals surface area (Å²) in [6, 6.07) is 7.39. The van der Waals surface area contributed by atoms with Gasteiger partial charge in [0.1, 0.15) is 0 Å². The molecule has 0 saturated carbocycles. The fourth-order valence-corrected chi connectivity index (χ4v) is 3.24. The van der Waals surface area contributed by atoms with Crippen LogP contribution in [-0.4, -0.2) is 28.3 Å². The van der Waals surface area contributed by atoms with Gasteiger partial charge in [-0.1, -0.05) is 51.0 Å². The van der Waals surface area contributed by atoms with Crippen molar-refractivity contribution in [2.24, 2.45) is 0 Å². The summed E-state index contributed by atoms with van der Waals surface area (Å²) >= 11 is 0. The molecule has 30 heavy (non-hydrogen) atoms. The summed E-state index contributed by atoms with van der Waals surface area (Å²) < 4.78 is 0. The highest BCUT2D eigenvalue weighted by Gasteiger charge is 2.03. The van der Waals surface area contributed by atoms with Gasteiger partial charge in [0.05, 0.1) is 5.56 Å². The van der Waals surface area contributed by atoms with Crippen LogP contribution >= 0.6 is 0 Å². The van der Waals surface area contributed by atoms with Gasteiger partial charge in [0, 0.05) is 44.3 Å². The molecule has 0 radical (unpaired) electrons. The molecule has 0 unspecified atom stereocenters. The van der Waals surface area contributed by atoms with Gasteiger partial charge in [0.15, 0.2) is 0 Å². The quantitative estimate of drug-likeness (QED) is 0.426. The van der Waals surface area contributed by atoms with Crippen LogP contribution in [0.4, 0.5) is 0 Å². The Morgan fingerprint density at radius 1 is 0.733 bits per heavy atom. The van der Waals surface area contributed by atoms with Crippen LogP contribution in [0.15, 0.2) is 49.1 Å². The molecule has 2 rings (SSSR count). The zero-order valence-electron chi connectivity index (χ0n) is 17.8. The summed E-state index contributed by atoms with van der Waals surface area (Å²) in [7, 11) is 0. The highest BCUT2D eigenvalue weighted by molar-refractivity contribution is 5.93. The number of hydrogen-bond donors (Lipinski definition) is 2. The Balaban J connectivity index is 1.33. The van der Waals surface area contributed by atoms with E-state index in [2.05, 4.69) is 20.6 Å². The van der Waals surface area contributed by atoms with E-state index in [1.54, 1.807) is 36.9 Å². The van der Waals surface area contributed by atoms with Crippen molar-refractivity contribution in [3.05, 3.63) is 60.2 Å². The molecule has 162 valence electrons. The SMILES string of the molecule is O=C(CCCCCCCCCCCNC(=O)c1cccnc1)NCc1cccnc1. The highest BCUT2D eigenvalue weighted by Crippen LogP contribution is 2.10. The first-order valence-electron chi connectivity index (χ1n) is 11.1. The number of amides is 2. The Morgan fingerprint density at radius 3 is 2.00 bits per heavy atom. The summed E-state index contributed by atoms with van der Waals surface area (Å²) in [6.45, 7) is 1.27. The molecule has 2 heterocycles. The van der Waals surface area contributed by atoms with E-state index in [0.29, 0.717) is 18.5 Å². The van der Waals surface area contributed by atoms with Gasteiger partial charge in [0.2, 0.25) is 5.91 Å². The third kappa shape index (κ3) is 10.7.